The molecule has 1 aliphatic carbocycles. The number of nitrogens with one attached hydrogen (secondary N) is 2. The monoisotopic (exact) mass is 254 g/mol. The van der Waals surface area contributed by atoms with Gasteiger partial charge in [-0.15, -0.1) is 0 Å². The summed E-state index contributed by atoms with van der Waals surface area (Å²) >= 11 is 0. The standard InChI is InChI=1S/C14H26N2O2/c17-14(16-12-5-2-1-3-6-12)8-9-15-11-13-7-4-10-18-13/h12-13,15H,1-11H2,(H,16,17). The molecule has 4 heteroatoms. The Bertz CT molecular complexity index is 246. The highest BCUT2D eigenvalue weighted by atomic mass is 16.5. The Balaban J connectivity index is 1.48. The lowest BCUT2D eigenvalue weighted by Gasteiger charge is -2.22. The van der Waals surface area contributed by atoms with Crippen LogP contribution in [0.3, 0.4) is 0 Å². The second-order valence-electron chi connectivity index (χ2n) is 5.49. The first-order valence-electron chi connectivity index (χ1n) is 7.46. The fourth-order valence-corrected chi connectivity index (χ4v) is 2.82. The summed E-state index contributed by atoms with van der Waals surface area (Å²) in [6.45, 7) is 2.55. The summed E-state index contributed by atoms with van der Waals surface area (Å²) < 4.78 is 5.52. The van der Waals surface area contributed by atoms with Crippen molar-refractivity contribution in [3.05, 3.63) is 0 Å². The first-order valence-corrected chi connectivity index (χ1v) is 7.46. The number of carbonyl (C=O) groups is 1. The van der Waals surface area contributed by atoms with Gasteiger partial charge in [-0.25, -0.2) is 0 Å². The lowest BCUT2D eigenvalue weighted by Crippen LogP contribution is -2.38. The second kappa shape index (κ2) is 7.74. The Morgan fingerprint density at radius 2 is 1.94 bits per heavy atom. The summed E-state index contributed by atoms with van der Waals surface area (Å²) in [5.41, 5.74) is 0. The topological polar surface area (TPSA) is 50.4 Å². The van der Waals surface area contributed by atoms with Gasteiger partial charge in [0.25, 0.3) is 0 Å². The molecule has 1 heterocycles. The lowest BCUT2D eigenvalue weighted by molar-refractivity contribution is -0.121. The highest BCUT2D eigenvalue weighted by Gasteiger charge is 2.16. The molecule has 2 N–H and O–H groups in total. The van der Waals surface area contributed by atoms with Gasteiger partial charge in [0.1, 0.15) is 0 Å². The summed E-state index contributed by atoms with van der Waals surface area (Å²) in [5.74, 6) is 0.196. The molecule has 2 rings (SSSR count). The largest absolute Gasteiger partial charge is 0.377 e. The van der Waals surface area contributed by atoms with E-state index in [4.69, 9.17) is 4.74 Å². The highest BCUT2D eigenvalue weighted by Crippen LogP contribution is 2.17. The molecule has 0 aromatic heterocycles. The average molecular weight is 254 g/mol. The van der Waals surface area contributed by atoms with Gasteiger partial charge >= 0.3 is 0 Å². The Morgan fingerprint density at radius 1 is 1.11 bits per heavy atom. The van der Waals surface area contributed by atoms with Gasteiger partial charge in [0.05, 0.1) is 6.10 Å². The van der Waals surface area contributed by atoms with Gasteiger partial charge in [-0.2, -0.15) is 0 Å². The van der Waals surface area contributed by atoms with Crippen LogP contribution in [0.4, 0.5) is 0 Å². The van der Waals surface area contributed by atoms with Crippen LogP contribution in [-0.2, 0) is 9.53 Å². The van der Waals surface area contributed by atoms with Gasteiger partial charge in [-0.3, -0.25) is 4.79 Å². The lowest BCUT2D eigenvalue weighted by atomic mass is 9.95. The van der Waals surface area contributed by atoms with Crippen LogP contribution in [0.25, 0.3) is 0 Å². The minimum atomic E-state index is 0.196. The van der Waals surface area contributed by atoms with Crippen LogP contribution in [0.1, 0.15) is 51.4 Å². The Kier molecular flexibility index (Phi) is 5.94. The van der Waals surface area contributed by atoms with Crippen LogP contribution in [0.15, 0.2) is 0 Å². The van der Waals surface area contributed by atoms with Crippen LogP contribution in [0.2, 0.25) is 0 Å². The molecule has 0 aromatic carbocycles. The molecule has 104 valence electrons. The van der Waals surface area contributed by atoms with Crippen molar-refractivity contribution in [3.8, 4) is 0 Å². The Labute approximate surface area is 110 Å². The maximum absolute atomic E-state index is 11.7. The number of hydrogen-bond donors (Lipinski definition) is 2. The van der Waals surface area contributed by atoms with Crippen LogP contribution in [-0.4, -0.2) is 37.7 Å². The van der Waals surface area contributed by atoms with Gasteiger partial charge in [0.2, 0.25) is 5.91 Å². The summed E-state index contributed by atoms with van der Waals surface area (Å²) in [5, 5.41) is 6.45. The van der Waals surface area contributed by atoms with Gasteiger partial charge in [0.15, 0.2) is 0 Å². The zero-order valence-corrected chi connectivity index (χ0v) is 11.2. The maximum atomic E-state index is 11.7. The summed E-state index contributed by atoms with van der Waals surface area (Å²) in [6.07, 6.45) is 9.47. The van der Waals surface area contributed by atoms with Crippen LogP contribution < -0.4 is 10.6 Å². The van der Waals surface area contributed by atoms with Crippen molar-refractivity contribution in [3.63, 3.8) is 0 Å². The molecule has 0 radical (unpaired) electrons. The molecule has 18 heavy (non-hydrogen) atoms. The van der Waals surface area contributed by atoms with Crippen molar-refractivity contribution >= 4 is 5.91 Å². The van der Waals surface area contributed by atoms with E-state index in [2.05, 4.69) is 10.6 Å². The van der Waals surface area contributed by atoms with E-state index in [1.165, 1.54) is 25.7 Å². The normalized spacial score (nSPS) is 25.2. The van der Waals surface area contributed by atoms with Gasteiger partial charge in [-0.05, 0) is 25.7 Å². The minimum absolute atomic E-state index is 0.196. The number of hydrogen-bond acceptors (Lipinski definition) is 3. The average Bonchev–Trinajstić information content (AvgIpc) is 2.89. The zero-order valence-electron chi connectivity index (χ0n) is 11.2. The van der Waals surface area contributed by atoms with Crippen molar-refractivity contribution in [1.29, 1.82) is 0 Å². The predicted molar refractivity (Wildman–Crippen MR) is 71.5 cm³/mol. The molecule has 0 bridgehead atoms. The molecular formula is C14H26N2O2. The molecule has 1 aliphatic heterocycles. The van der Waals surface area contributed by atoms with E-state index < -0.39 is 0 Å². The molecule has 1 amide bonds. The van der Waals surface area contributed by atoms with E-state index in [9.17, 15) is 4.79 Å². The first-order chi connectivity index (χ1) is 8.84. The minimum Gasteiger partial charge on any atom is -0.377 e. The fourth-order valence-electron chi connectivity index (χ4n) is 2.82. The third kappa shape index (κ3) is 4.94. The molecular weight excluding hydrogens is 228 g/mol. The molecule has 1 atom stereocenters. The van der Waals surface area contributed by atoms with Gasteiger partial charge < -0.3 is 15.4 Å². The number of ether oxygens (including phenoxy) is 1. The van der Waals surface area contributed by atoms with Crippen LogP contribution >= 0.6 is 0 Å². The van der Waals surface area contributed by atoms with E-state index in [1.807, 2.05) is 0 Å². The van der Waals surface area contributed by atoms with Crippen molar-refractivity contribution in [2.75, 3.05) is 19.7 Å². The van der Waals surface area contributed by atoms with E-state index in [0.717, 1.165) is 39.0 Å². The first kappa shape index (κ1) is 13.8. The Hall–Kier alpha value is -0.610. The maximum Gasteiger partial charge on any atom is 0.221 e. The third-order valence-corrected chi connectivity index (χ3v) is 3.90. The van der Waals surface area contributed by atoms with Crippen molar-refractivity contribution in [2.45, 2.75) is 63.5 Å². The smallest absolute Gasteiger partial charge is 0.221 e. The van der Waals surface area contributed by atoms with Crippen LogP contribution in [0.5, 0.6) is 0 Å². The summed E-state index contributed by atoms with van der Waals surface area (Å²) in [6, 6.07) is 0.435. The number of amides is 1. The molecule has 0 aromatic rings. The second-order valence-corrected chi connectivity index (χ2v) is 5.49. The molecule has 0 spiro atoms. The highest BCUT2D eigenvalue weighted by molar-refractivity contribution is 5.76. The quantitative estimate of drug-likeness (QED) is 0.708. The molecule has 2 aliphatic rings. The summed E-state index contributed by atoms with van der Waals surface area (Å²) in [7, 11) is 0. The van der Waals surface area contributed by atoms with E-state index >= 15 is 0 Å². The van der Waals surface area contributed by atoms with E-state index in [1.54, 1.807) is 0 Å². The Morgan fingerprint density at radius 3 is 2.67 bits per heavy atom. The van der Waals surface area contributed by atoms with Crippen LogP contribution in [0, 0.1) is 0 Å². The zero-order chi connectivity index (χ0) is 12.6. The molecule has 1 unspecified atom stereocenters. The fraction of sp³-hybridized carbons (Fsp3) is 0.929. The number of rotatable bonds is 6. The van der Waals surface area contributed by atoms with Crippen molar-refractivity contribution in [1.82, 2.24) is 10.6 Å². The number of carbonyl (C=O) groups excluding carboxylic acids is 1. The predicted octanol–water partition coefficient (Wildman–Crippen LogP) is 1.59. The third-order valence-electron chi connectivity index (χ3n) is 3.90. The van der Waals surface area contributed by atoms with E-state index in [-0.39, 0.29) is 5.91 Å². The molecule has 1 saturated heterocycles. The van der Waals surface area contributed by atoms with Crippen molar-refractivity contribution < 1.29 is 9.53 Å². The molecule has 2 fully saturated rings. The van der Waals surface area contributed by atoms with Gasteiger partial charge in [0, 0.05) is 32.2 Å². The molecule has 1 saturated carbocycles. The summed E-state index contributed by atoms with van der Waals surface area (Å²) in [4.78, 5) is 11.7. The molecule has 4 nitrogen and oxygen atoms in total. The van der Waals surface area contributed by atoms with Crippen molar-refractivity contribution in [2.24, 2.45) is 0 Å². The van der Waals surface area contributed by atoms with Gasteiger partial charge in [-0.1, -0.05) is 19.3 Å². The SMILES string of the molecule is O=C(CCNCC1CCCO1)NC1CCCCC1. The van der Waals surface area contributed by atoms with E-state index in [0.29, 0.717) is 18.6 Å².